The van der Waals surface area contributed by atoms with Crippen molar-refractivity contribution in [3.05, 3.63) is 33.6 Å². The Morgan fingerprint density at radius 1 is 1.45 bits per heavy atom. The third-order valence-electron chi connectivity index (χ3n) is 3.62. The van der Waals surface area contributed by atoms with E-state index in [1.54, 1.807) is 4.90 Å². The highest BCUT2D eigenvalue weighted by atomic mass is 19.1. The number of anilines is 1. The molecule has 20 heavy (non-hydrogen) atoms. The molecule has 0 aliphatic carbocycles. The molecule has 0 amide bonds. The first kappa shape index (κ1) is 14.2. The minimum absolute atomic E-state index is 0.157. The van der Waals surface area contributed by atoms with Gasteiger partial charge in [-0.3, -0.25) is 10.1 Å². The van der Waals surface area contributed by atoms with Crippen LogP contribution >= 0.6 is 0 Å². The van der Waals surface area contributed by atoms with Crippen molar-refractivity contribution in [3.63, 3.8) is 0 Å². The lowest BCUT2D eigenvalue weighted by molar-refractivity contribution is -0.384. The Morgan fingerprint density at radius 3 is 2.55 bits per heavy atom. The van der Waals surface area contributed by atoms with E-state index < -0.39 is 22.3 Å². The smallest absolute Gasteiger partial charge is 0.338 e. The van der Waals surface area contributed by atoms with Crippen molar-refractivity contribution in [3.8, 4) is 0 Å². The number of benzene rings is 1. The second kappa shape index (κ2) is 5.44. The lowest BCUT2D eigenvalue weighted by atomic mass is 9.98. The number of nitro benzene ring substituents is 1. The minimum atomic E-state index is -1.51. The van der Waals surface area contributed by atoms with E-state index in [0.29, 0.717) is 19.0 Å². The Bertz CT molecular complexity index is 554. The number of hydrogen-bond acceptors (Lipinski definition) is 4. The summed E-state index contributed by atoms with van der Waals surface area (Å²) in [6.07, 6.45) is 1.75. The van der Waals surface area contributed by atoms with Crippen LogP contribution in [0.5, 0.6) is 0 Å². The van der Waals surface area contributed by atoms with Crippen LogP contribution in [0.3, 0.4) is 0 Å². The van der Waals surface area contributed by atoms with Crippen LogP contribution in [0, 0.1) is 21.8 Å². The van der Waals surface area contributed by atoms with Gasteiger partial charge in [0.25, 0.3) is 5.69 Å². The van der Waals surface area contributed by atoms with Gasteiger partial charge in [0, 0.05) is 25.2 Å². The predicted octanol–water partition coefficient (Wildman–Crippen LogP) is 2.67. The van der Waals surface area contributed by atoms with Crippen molar-refractivity contribution in [2.45, 2.75) is 19.8 Å². The molecule has 0 bridgehead atoms. The van der Waals surface area contributed by atoms with E-state index in [0.717, 1.165) is 25.0 Å². The maximum Gasteiger partial charge on any atom is 0.338 e. The van der Waals surface area contributed by atoms with Crippen molar-refractivity contribution in [2.24, 2.45) is 5.92 Å². The van der Waals surface area contributed by atoms with Crippen LogP contribution in [0.25, 0.3) is 0 Å². The normalized spacial score (nSPS) is 16.2. The Hall–Kier alpha value is -2.18. The summed E-state index contributed by atoms with van der Waals surface area (Å²) in [5, 5.41) is 19.9. The Kier molecular flexibility index (Phi) is 3.87. The van der Waals surface area contributed by atoms with Gasteiger partial charge in [-0.1, -0.05) is 6.92 Å². The van der Waals surface area contributed by atoms with Gasteiger partial charge >= 0.3 is 5.97 Å². The predicted molar refractivity (Wildman–Crippen MR) is 70.6 cm³/mol. The molecule has 1 aliphatic heterocycles. The first-order valence-corrected chi connectivity index (χ1v) is 6.36. The molecule has 1 N–H and O–H groups in total. The summed E-state index contributed by atoms with van der Waals surface area (Å²) in [4.78, 5) is 23.0. The maximum absolute atomic E-state index is 13.7. The summed E-state index contributed by atoms with van der Waals surface area (Å²) < 4.78 is 13.7. The number of piperidine rings is 1. The van der Waals surface area contributed by atoms with Gasteiger partial charge in [0.05, 0.1) is 4.92 Å². The zero-order valence-corrected chi connectivity index (χ0v) is 11.0. The van der Waals surface area contributed by atoms with E-state index in [9.17, 15) is 19.3 Å². The molecule has 1 heterocycles. The van der Waals surface area contributed by atoms with Crippen LogP contribution in [0.4, 0.5) is 15.8 Å². The second-order valence-corrected chi connectivity index (χ2v) is 5.05. The first-order chi connectivity index (χ1) is 9.40. The zero-order chi connectivity index (χ0) is 14.9. The van der Waals surface area contributed by atoms with Gasteiger partial charge in [-0.25, -0.2) is 9.18 Å². The van der Waals surface area contributed by atoms with Gasteiger partial charge in [0.15, 0.2) is 0 Å². The number of nitro groups is 1. The molecule has 0 atom stereocenters. The summed E-state index contributed by atoms with van der Waals surface area (Å²) in [5.41, 5.74) is -0.881. The topological polar surface area (TPSA) is 83.7 Å². The number of rotatable bonds is 3. The number of hydrogen-bond donors (Lipinski definition) is 1. The van der Waals surface area contributed by atoms with Crippen molar-refractivity contribution in [2.75, 3.05) is 18.0 Å². The van der Waals surface area contributed by atoms with Crippen molar-refractivity contribution >= 4 is 17.3 Å². The largest absolute Gasteiger partial charge is 0.478 e. The van der Waals surface area contributed by atoms with Crippen LogP contribution in [-0.4, -0.2) is 29.1 Å². The molecule has 0 aromatic heterocycles. The Labute approximate surface area is 115 Å². The number of carboxylic acid groups (broad SMARTS) is 1. The van der Waals surface area contributed by atoms with E-state index in [1.807, 2.05) is 0 Å². The fraction of sp³-hybridized carbons (Fsp3) is 0.462. The number of aromatic carboxylic acids is 1. The van der Waals surface area contributed by atoms with Gasteiger partial charge in [-0.2, -0.15) is 0 Å². The molecule has 7 heteroatoms. The Morgan fingerprint density at radius 2 is 2.05 bits per heavy atom. The molecule has 1 saturated heterocycles. The van der Waals surface area contributed by atoms with Gasteiger partial charge in [-0.15, -0.1) is 0 Å². The summed E-state index contributed by atoms with van der Waals surface area (Å²) in [7, 11) is 0. The van der Waals surface area contributed by atoms with Gasteiger partial charge in [-0.05, 0) is 18.8 Å². The molecular weight excluding hydrogens is 267 g/mol. The third-order valence-corrected chi connectivity index (χ3v) is 3.62. The van der Waals surface area contributed by atoms with Crippen molar-refractivity contribution < 1.29 is 19.2 Å². The SMILES string of the molecule is CC1CCN(c2cc(F)c(C(=O)O)cc2[N+](=O)[O-])CC1. The van der Waals surface area contributed by atoms with Gasteiger partial charge < -0.3 is 10.0 Å². The van der Waals surface area contributed by atoms with E-state index in [1.165, 1.54) is 0 Å². The quantitative estimate of drug-likeness (QED) is 0.680. The number of nitrogens with zero attached hydrogens (tertiary/aromatic N) is 2. The fourth-order valence-corrected chi connectivity index (χ4v) is 2.36. The molecule has 2 rings (SSSR count). The third kappa shape index (κ3) is 2.71. The molecule has 0 radical (unpaired) electrons. The Balaban J connectivity index is 2.44. The lowest BCUT2D eigenvalue weighted by Gasteiger charge is -2.31. The molecule has 0 saturated carbocycles. The standard InChI is InChI=1S/C13H15FN2O4/c1-8-2-4-15(5-3-8)11-7-10(14)9(13(17)18)6-12(11)16(19)20/h6-8H,2-5H2,1H3,(H,17,18). The molecular formula is C13H15FN2O4. The molecule has 1 aromatic carbocycles. The average molecular weight is 282 g/mol. The molecule has 108 valence electrons. The summed E-state index contributed by atoms with van der Waals surface area (Å²) in [6.45, 7) is 3.31. The van der Waals surface area contributed by atoms with Crippen LogP contribution in [0.15, 0.2) is 12.1 Å². The highest BCUT2D eigenvalue weighted by Gasteiger charge is 2.27. The van der Waals surface area contributed by atoms with Crippen molar-refractivity contribution in [1.82, 2.24) is 0 Å². The van der Waals surface area contributed by atoms with E-state index in [4.69, 9.17) is 5.11 Å². The van der Waals surface area contributed by atoms with E-state index >= 15 is 0 Å². The van der Waals surface area contributed by atoms with Crippen LogP contribution < -0.4 is 4.90 Å². The summed E-state index contributed by atoms with van der Waals surface area (Å²) in [5.74, 6) is -1.92. The molecule has 1 aliphatic rings. The fourth-order valence-electron chi connectivity index (χ4n) is 2.36. The maximum atomic E-state index is 13.7. The van der Waals surface area contributed by atoms with Gasteiger partial charge in [0.1, 0.15) is 17.1 Å². The van der Waals surface area contributed by atoms with Crippen LogP contribution in [0.2, 0.25) is 0 Å². The highest BCUT2D eigenvalue weighted by Crippen LogP contribution is 2.33. The van der Waals surface area contributed by atoms with Crippen molar-refractivity contribution in [1.29, 1.82) is 0 Å². The molecule has 0 spiro atoms. The number of carbonyl (C=O) groups is 1. The number of halogens is 1. The van der Waals surface area contributed by atoms with Crippen LogP contribution in [-0.2, 0) is 0 Å². The highest BCUT2D eigenvalue weighted by molar-refractivity contribution is 5.90. The zero-order valence-electron chi connectivity index (χ0n) is 11.0. The molecule has 1 fully saturated rings. The van der Waals surface area contributed by atoms with Gasteiger partial charge in [0.2, 0.25) is 0 Å². The second-order valence-electron chi connectivity index (χ2n) is 5.05. The first-order valence-electron chi connectivity index (χ1n) is 6.36. The summed E-state index contributed by atoms with van der Waals surface area (Å²) >= 11 is 0. The molecule has 6 nitrogen and oxygen atoms in total. The average Bonchev–Trinajstić information content (AvgIpc) is 2.38. The van der Waals surface area contributed by atoms with E-state index in [2.05, 4.69) is 6.92 Å². The molecule has 0 unspecified atom stereocenters. The number of carboxylic acids is 1. The lowest BCUT2D eigenvalue weighted by Crippen LogP contribution is -2.33. The van der Waals surface area contributed by atoms with Crippen LogP contribution in [0.1, 0.15) is 30.1 Å². The van der Waals surface area contributed by atoms with E-state index in [-0.39, 0.29) is 11.4 Å². The molecule has 1 aromatic rings. The minimum Gasteiger partial charge on any atom is -0.478 e. The monoisotopic (exact) mass is 282 g/mol. The summed E-state index contributed by atoms with van der Waals surface area (Å²) in [6, 6.07) is 1.75.